The first-order valence-corrected chi connectivity index (χ1v) is 4.87. The van der Waals surface area contributed by atoms with Crippen LogP contribution < -0.4 is 5.73 Å². The summed E-state index contributed by atoms with van der Waals surface area (Å²) in [7, 11) is 2.18. The maximum atomic E-state index is 6.08. The molecule has 0 aliphatic heterocycles. The van der Waals surface area contributed by atoms with Crippen LogP contribution in [0, 0.1) is 5.41 Å². The second kappa shape index (κ2) is 3.35. The van der Waals surface area contributed by atoms with Crippen molar-refractivity contribution < 1.29 is 0 Å². The Kier molecular flexibility index (Phi) is 2.79. The molecule has 1 saturated carbocycles. The average Bonchev–Trinajstić information content (AvgIpc) is 2.65. The monoisotopic (exact) mass is 170 g/mol. The summed E-state index contributed by atoms with van der Waals surface area (Å²) >= 11 is 0. The topological polar surface area (TPSA) is 29.3 Å². The molecule has 0 aromatic carbocycles. The first kappa shape index (κ1) is 10.0. The summed E-state index contributed by atoms with van der Waals surface area (Å²) in [5, 5.41) is 0. The van der Waals surface area contributed by atoms with Crippen LogP contribution in [0.5, 0.6) is 0 Å². The van der Waals surface area contributed by atoms with Crippen molar-refractivity contribution in [2.45, 2.75) is 45.7 Å². The molecule has 72 valence electrons. The van der Waals surface area contributed by atoms with Gasteiger partial charge >= 0.3 is 0 Å². The van der Waals surface area contributed by atoms with Gasteiger partial charge < -0.3 is 10.6 Å². The number of rotatable bonds is 3. The van der Waals surface area contributed by atoms with E-state index in [2.05, 4.69) is 32.7 Å². The molecule has 0 amide bonds. The van der Waals surface area contributed by atoms with E-state index < -0.39 is 0 Å². The molecule has 1 rings (SSSR count). The fourth-order valence-corrected chi connectivity index (χ4v) is 1.25. The second-order valence-corrected chi connectivity index (χ2v) is 5.14. The number of hydrogen-bond acceptors (Lipinski definition) is 2. The minimum atomic E-state index is 0.239. The highest BCUT2D eigenvalue weighted by Gasteiger charge is 2.29. The third kappa shape index (κ3) is 2.76. The normalized spacial score (nSPS) is 21.5. The Labute approximate surface area is 76.1 Å². The van der Waals surface area contributed by atoms with Gasteiger partial charge in [0.05, 0.1) is 0 Å². The first-order chi connectivity index (χ1) is 5.41. The van der Waals surface area contributed by atoms with Gasteiger partial charge in [-0.05, 0) is 25.3 Å². The molecule has 1 fully saturated rings. The van der Waals surface area contributed by atoms with Crippen molar-refractivity contribution in [2.24, 2.45) is 11.1 Å². The Bertz CT molecular complexity index is 144. The van der Waals surface area contributed by atoms with E-state index in [0.29, 0.717) is 6.04 Å². The van der Waals surface area contributed by atoms with Gasteiger partial charge in [-0.2, -0.15) is 0 Å². The first-order valence-electron chi connectivity index (χ1n) is 4.87. The van der Waals surface area contributed by atoms with E-state index in [9.17, 15) is 0 Å². The van der Waals surface area contributed by atoms with Crippen LogP contribution in [0.25, 0.3) is 0 Å². The molecule has 2 heteroatoms. The van der Waals surface area contributed by atoms with Crippen LogP contribution in [0.3, 0.4) is 0 Å². The summed E-state index contributed by atoms with van der Waals surface area (Å²) in [6.07, 6.45) is 2.74. The molecule has 0 aromatic heterocycles. The Hall–Kier alpha value is -0.0800. The average molecular weight is 170 g/mol. The summed E-state index contributed by atoms with van der Waals surface area (Å²) in [6.45, 7) is 7.66. The zero-order chi connectivity index (χ0) is 9.35. The van der Waals surface area contributed by atoms with Crippen molar-refractivity contribution in [1.29, 1.82) is 0 Å². The Morgan fingerprint density at radius 3 is 2.25 bits per heavy atom. The van der Waals surface area contributed by atoms with Crippen molar-refractivity contribution in [3.05, 3.63) is 0 Å². The van der Waals surface area contributed by atoms with Crippen molar-refractivity contribution in [1.82, 2.24) is 4.90 Å². The largest absolute Gasteiger partial charge is 0.326 e. The SMILES string of the molecule is CN(CC(N)C(C)(C)C)C1CC1. The minimum absolute atomic E-state index is 0.239. The number of nitrogens with two attached hydrogens (primary N) is 1. The fraction of sp³-hybridized carbons (Fsp3) is 1.00. The molecule has 2 nitrogen and oxygen atoms in total. The van der Waals surface area contributed by atoms with Crippen molar-refractivity contribution in [2.75, 3.05) is 13.6 Å². The van der Waals surface area contributed by atoms with Crippen molar-refractivity contribution >= 4 is 0 Å². The van der Waals surface area contributed by atoms with Gasteiger partial charge in [0.15, 0.2) is 0 Å². The Balaban J connectivity index is 2.29. The van der Waals surface area contributed by atoms with E-state index in [1.165, 1.54) is 12.8 Å². The van der Waals surface area contributed by atoms with Crippen LogP contribution in [-0.4, -0.2) is 30.6 Å². The highest BCUT2D eigenvalue weighted by Crippen LogP contribution is 2.27. The number of hydrogen-bond donors (Lipinski definition) is 1. The maximum Gasteiger partial charge on any atom is 0.0217 e. The van der Waals surface area contributed by atoms with E-state index in [-0.39, 0.29) is 5.41 Å². The van der Waals surface area contributed by atoms with Gasteiger partial charge in [-0.3, -0.25) is 0 Å². The van der Waals surface area contributed by atoms with Gasteiger partial charge in [0.25, 0.3) is 0 Å². The molecule has 1 atom stereocenters. The van der Waals surface area contributed by atoms with Crippen LogP contribution in [0.2, 0.25) is 0 Å². The second-order valence-electron chi connectivity index (χ2n) is 5.14. The molecule has 0 radical (unpaired) electrons. The van der Waals surface area contributed by atoms with Crippen LogP contribution in [-0.2, 0) is 0 Å². The highest BCUT2D eigenvalue weighted by atomic mass is 15.2. The predicted molar refractivity (Wildman–Crippen MR) is 53.1 cm³/mol. The highest BCUT2D eigenvalue weighted by molar-refractivity contribution is 4.87. The van der Waals surface area contributed by atoms with Crippen LogP contribution in [0.1, 0.15) is 33.6 Å². The maximum absolute atomic E-state index is 6.08. The summed E-state index contributed by atoms with van der Waals surface area (Å²) in [5.74, 6) is 0. The molecular formula is C10H22N2. The smallest absolute Gasteiger partial charge is 0.0217 e. The molecule has 0 aromatic rings. The standard InChI is InChI=1S/C10H22N2/c1-10(2,3)9(11)7-12(4)8-5-6-8/h8-9H,5-7,11H2,1-4H3. The van der Waals surface area contributed by atoms with E-state index in [1.54, 1.807) is 0 Å². The Morgan fingerprint density at radius 2 is 1.92 bits per heavy atom. The van der Waals surface area contributed by atoms with E-state index in [4.69, 9.17) is 5.73 Å². The van der Waals surface area contributed by atoms with Crippen molar-refractivity contribution in [3.8, 4) is 0 Å². The quantitative estimate of drug-likeness (QED) is 0.694. The number of likely N-dealkylation sites (N-methyl/N-ethyl adjacent to an activating group) is 1. The molecule has 1 aliphatic carbocycles. The summed E-state index contributed by atoms with van der Waals surface area (Å²) in [6, 6.07) is 1.13. The third-order valence-electron chi connectivity index (χ3n) is 2.77. The van der Waals surface area contributed by atoms with Crippen LogP contribution >= 0.6 is 0 Å². The molecule has 1 aliphatic rings. The lowest BCUT2D eigenvalue weighted by Gasteiger charge is -2.30. The lowest BCUT2D eigenvalue weighted by Crippen LogP contribution is -2.44. The molecule has 0 bridgehead atoms. The Morgan fingerprint density at radius 1 is 1.42 bits per heavy atom. The van der Waals surface area contributed by atoms with Gasteiger partial charge in [0, 0.05) is 18.6 Å². The molecule has 1 unspecified atom stereocenters. The third-order valence-corrected chi connectivity index (χ3v) is 2.77. The zero-order valence-electron chi connectivity index (χ0n) is 8.80. The zero-order valence-corrected chi connectivity index (χ0v) is 8.80. The summed E-state index contributed by atoms with van der Waals surface area (Å²) in [4.78, 5) is 2.40. The van der Waals surface area contributed by atoms with Gasteiger partial charge in [-0.1, -0.05) is 20.8 Å². The van der Waals surface area contributed by atoms with E-state index in [1.807, 2.05) is 0 Å². The molecule has 0 saturated heterocycles. The molecule has 0 spiro atoms. The van der Waals surface area contributed by atoms with Gasteiger partial charge in [0.2, 0.25) is 0 Å². The molecule has 0 heterocycles. The van der Waals surface area contributed by atoms with Crippen LogP contribution in [0.4, 0.5) is 0 Å². The minimum Gasteiger partial charge on any atom is -0.326 e. The van der Waals surface area contributed by atoms with Crippen LogP contribution in [0.15, 0.2) is 0 Å². The lowest BCUT2D eigenvalue weighted by molar-refractivity contribution is 0.221. The van der Waals surface area contributed by atoms with E-state index in [0.717, 1.165) is 12.6 Å². The molecule has 12 heavy (non-hydrogen) atoms. The van der Waals surface area contributed by atoms with E-state index >= 15 is 0 Å². The molecule has 2 N–H and O–H groups in total. The lowest BCUT2D eigenvalue weighted by atomic mass is 9.87. The predicted octanol–water partition coefficient (Wildman–Crippen LogP) is 1.45. The fourth-order valence-electron chi connectivity index (χ4n) is 1.25. The van der Waals surface area contributed by atoms with Gasteiger partial charge in [-0.15, -0.1) is 0 Å². The number of nitrogens with zero attached hydrogens (tertiary/aromatic N) is 1. The summed E-state index contributed by atoms with van der Waals surface area (Å²) < 4.78 is 0. The van der Waals surface area contributed by atoms with Crippen molar-refractivity contribution in [3.63, 3.8) is 0 Å². The summed E-state index contributed by atoms with van der Waals surface area (Å²) in [5.41, 5.74) is 6.31. The van der Waals surface area contributed by atoms with Gasteiger partial charge in [0.1, 0.15) is 0 Å². The van der Waals surface area contributed by atoms with Gasteiger partial charge in [-0.25, -0.2) is 0 Å². The molecular weight excluding hydrogens is 148 g/mol.